The fourth-order valence-electron chi connectivity index (χ4n) is 3.58. The number of fused-ring (bicyclic) bond motifs is 2. The Labute approximate surface area is 127 Å². The summed E-state index contributed by atoms with van der Waals surface area (Å²) in [6.07, 6.45) is 3.51. The number of carbonyl (C=O) groups is 2. The number of nitrogens with zero attached hydrogens (tertiary/aromatic N) is 2. The van der Waals surface area contributed by atoms with Crippen molar-refractivity contribution in [1.82, 2.24) is 4.98 Å². The quantitative estimate of drug-likeness (QED) is 0.672. The van der Waals surface area contributed by atoms with Crippen LogP contribution in [0.3, 0.4) is 0 Å². The van der Waals surface area contributed by atoms with Gasteiger partial charge < -0.3 is 10.0 Å². The normalized spacial score (nSPS) is 31.3. The Balaban J connectivity index is 2.13. The molecule has 0 saturated carbocycles. The Morgan fingerprint density at radius 1 is 1.48 bits per heavy atom. The SMILES string of the molecule is CC1=CC(C)C2C(=O)N(c3ccnc(Cl)c3)C1C2C(=O)O. The number of aliphatic carboxylic acids is 1. The number of allylic oxidation sites excluding steroid dienone is 1. The van der Waals surface area contributed by atoms with Crippen molar-refractivity contribution in [3.63, 3.8) is 0 Å². The number of anilines is 1. The summed E-state index contributed by atoms with van der Waals surface area (Å²) in [5, 5.41) is 9.83. The van der Waals surface area contributed by atoms with E-state index in [4.69, 9.17) is 11.6 Å². The minimum absolute atomic E-state index is 0.0860. The lowest BCUT2D eigenvalue weighted by Crippen LogP contribution is -2.40. The first-order valence-corrected chi connectivity index (χ1v) is 7.15. The number of carboxylic acid groups (broad SMARTS) is 1. The van der Waals surface area contributed by atoms with Crippen LogP contribution in [0.25, 0.3) is 0 Å². The summed E-state index contributed by atoms with van der Waals surface area (Å²) in [5.74, 6) is -2.42. The zero-order chi connectivity index (χ0) is 15.3. The van der Waals surface area contributed by atoms with Crippen molar-refractivity contribution < 1.29 is 14.7 Å². The van der Waals surface area contributed by atoms with Crippen molar-refractivity contribution in [2.45, 2.75) is 19.9 Å². The van der Waals surface area contributed by atoms with Gasteiger partial charge in [-0.05, 0) is 25.0 Å². The molecule has 6 heteroatoms. The van der Waals surface area contributed by atoms with E-state index in [1.54, 1.807) is 17.0 Å². The number of amides is 1. The van der Waals surface area contributed by atoms with Crippen molar-refractivity contribution in [3.8, 4) is 0 Å². The van der Waals surface area contributed by atoms with Crippen LogP contribution < -0.4 is 4.90 Å². The van der Waals surface area contributed by atoms with E-state index in [1.165, 1.54) is 6.20 Å². The topological polar surface area (TPSA) is 70.5 Å². The lowest BCUT2D eigenvalue weighted by molar-refractivity contribution is -0.145. The van der Waals surface area contributed by atoms with Crippen molar-refractivity contribution in [2.75, 3.05) is 4.90 Å². The summed E-state index contributed by atoms with van der Waals surface area (Å²) in [4.78, 5) is 29.9. The Morgan fingerprint density at radius 3 is 2.81 bits per heavy atom. The fraction of sp³-hybridized carbons (Fsp3) is 0.400. The minimum Gasteiger partial charge on any atom is -0.481 e. The fourth-order valence-corrected chi connectivity index (χ4v) is 3.75. The van der Waals surface area contributed by atoms with Crippen LogP contribution in [0.1, 0.15) is 13.8 Å². The highest BCUT2D eigenvalue weighted by Gasteiger charge is 2.56. The summed E-state index contributed by atoms with van der Waals surface area (Å²) in [7, 11) is 0. The van der Waals surface area contributed by atoms with Gasteiger partial charge in [-0.2, -0.15) is 0 Å². The lowest BCUT2D eigenvalue weighted by atomic mass is 9.74. The van der Waals surface area contributed by atoms with E-state index in [0.29, 0.717) is 5.69 Å². The number of aromatic nitrogens is 1. The van der Waals surface area contributed by atoms with Crippen molar-refractivity contribution in [3.05, 3.63) is 35.1 Å². The molecule has 0 spiro atoms. The lowest BCUT2D eigenvalue weighted by Gasteiger charge is -2.30. The maximum Gasteiger partial charge on any atom is 0.309 e. The van der Waals surface area contributed by atoms with Gasteiger partial charge in [-0.25, -0.2) is 4.98 Å². The number of rotatable bonds is 2. The monoisotopic (exact) mass is 306 g/mol. The molecule has 1 saturated heterocycles. The average Bonchev–Trinajstić information content (AvgIpc) is 2.67. The molecule has 1 amide bonds. The van der Waals surface area contributed by atoms with Gasteiger partial charge in [0.05, 0.1) is 17.9 Å². The summed E-state index contributed by atoms with van der Waals surface area (Å²) < 4.78 is 0. The van der Waals surface area contributed by atoms with Crippen molar-refractivity contribution in [1.29, 1.82) is 0 Å². The zero-order valence-corrected chi connectivity index (χ0v) is 12.4. The van der Waals surface area contributed by atoms with Gasteiger partial charge in [0.2, 0.25) is 5.91 Å². The summed E-state index contributed by atoms with van der Waals surface area (Å²) in [6, 6.07) is 2.83. The van der Waals surface area contributed by atoms with E-state index < -0.39 is 23.8 Å². The highest BCUT2D eigenvalue weighted by atomic mass is 35.5. The third kappa shape index (κ3) is 2.03. The van der Waals surface area contributed by atoms with Crippen LogP contribution in [-0.2, 0) is 9.59 Å². The molecule has 4 atom stereocenters. The highest BCUT2D eigenvalue weighted by molar-refractivity contribution is 6.29. The van der Waals surface area contributed by atoms with Crippen LogP contribution in [0.4, 0.5) is 5.69 Å². The van der Waals surface area contributed by atoms with Crippen molar-refractivity contribution in [2.24, 2.45) is 17.8 Å². The van der Waals surface area contributed by atoms with E-state index in [9.17, 15) is 14.7 Å². The molecule has 1 aromatic rings. The Bertz CT molecular complexity index is 658. The maximum absolute atomic E-state index is 12.7. The predicted octanol–water partition coefficient (Wildman–Crippen LogP) is 2.36. The van der Waals surface area contributed by atoms with Crippen LogP contribution in [0, 0.1) is 17.8 Å². The van der Waals surface area contributed by atoms with E-state index in [-0.39, 0.29) is 17.0 Å². The second kappa shape index (κ2) is 4.84. The smallest absolute Gasteiger partial charge is 0.309 e. The van der Waals surface area contributed by atoms with Gasteiger partial charge in [0.15, 0.2) is 0 Å². The largest absolute Gasteiger partial charge is 0.481 e. The molecule has 2 bridgehead atoms. The van der Waals surface area contributed by atoms with Crippen LogP contribution >= 0.6 is 11.6 Å². The number of carboxylic acids is 1. The van der Waals surface area contributed by atoms with Crippen LogP contribution in [0.5, 0.6) is 0 Å². The molecule has 1 N–H and O–H groups in total. The number of pyridine rings is 1. The van der Waals surface area contributed by atoms with Crippen LogP contribution in [0.15, 0.2) is 30.0 Å². The van der Waals surface area contributed by atoms with Gasteiger partial charge in [0.1, 0.15) is 5.15 Å². The van der Waals surface area contributed by atoms with E-state index in [2.05, 4.69) is 4.98 Å². The standard InChI is InChI=1S/C15H15ClN2O3/c1-7-5-8(2)13-12(15(20)21)11(7)14(19)18(13)9-3-4-17-10(16)6-9/h3-7,11-13H,1-2H3,(H,20,21). The van der Waals surface area contributed by atoms with Crippen LogP contribution in [0.2, 0.25) is 5.15 Å². The van der Waals surface area contributed by atoms with Gasteiger partial charge >= 0.3 is 5.97 Å². The summed E-state index contributed by atoms with van der Waals surface area (Å²) in [5.41, 5.74) is 1.51. The molecule has 1 aliphatic heterocycles. The Morgan fingerprint density at radius 2 is 2.19 bits per heavy atom. The molecule has 0 radical (unpaired) electrons. The number of halogens is 1. The highest BCUT2D eigenvalue weighted by Crippen LogP contribution is 2.46. The molecule has 21 heavy (non-hydrogen) atoms. The molecule has 2 heterocycles. The molecule has 5 nitrogen and oxygen atoms in total. The molecule has 4 unspecified atom stereocenters. The molecule has 2 aliphatic rings. The van der Waals surface area contributed by atoms with Gasteiger partial charge in [0.25, 0.3) is 0 Å². The molecule has 1 aliphatic carbocycles. The van der Waals surface area contributed by atoms with E-state index >= 15 is 0 Å². The molecule has 1 aromatic heterocycles. The molecule has 1 fully saturated rings. The summed E-state index contributed by atoms with van der Waals surface area (Å²) in [6.45, 7) is 3.77. The molecular weight excluding hydrogens is 292 g/mol. The van der Waals surface area contributed by atoms with E-state index in [0.717, 1.165) is 5.57 Å². The van der Waals surface area contributed by atoms with Gasteiger partial charge in [0, 0.05) is 11.9 Å². The second-order valence-electron chi connectivity index (χ2n) is 5.65. The molecule has 3 rings (SSSR count). The number of hydrogen-bond acceptors (Lipinski definition) is 3. The maximum atomic E-state index is 12.7. The third-order valence-electron chi connectivity index (χ3n) is 4.36. The van der Waals surface area contributed by atoms with Gasteiger partial charge in [-0.3, -0.25) is 9.59 Å². The number of hydrogen-bond donors (Lipinski definition) is 1. The van der Waals surface area contributed by atoms with E-state index in [1.807, 2.05) is 19.9 Å². The predicted molar refractivity (Wildman–Crippen MR) is 78.1 cm³/mol. The minimum atomic E-state index is -0.930. The molecule has 0 aromatic carbocycles. The first-order chi connectivity index (χ1) is 9.91. The molecular formula is C15H15ClN2O3. The number of carbonyl (C=O) groups excluding carboxylic acids is 1. The Kier molecular flexibility index (Phi) is 3.24. The zero-order valence-electron chi connectivity index (χ0n) is 11.7. The van der Waals surface area contributed by atoms with Gasteiger partial charge in [-0.1, -0.05) is 30.2 Å². The summed E-state index contributed by atoms with van der Waals surface area (Å²) >= 11 is 5.90. The average molecular weight is 307 g/mol. The first kappa shape index (κ1) is 14.1. The first-order valence-electron chi connectivity index (χ1n) is 6.77. The Hall–Kier alpha value is -1.88. The second-order valence-corrected chi connectivity index (χ2v) is 6.04. The van der Waals surface area contributed by atoms with Crippen LogP contribution in [-0.4, -0.2) is 28.0 Å². The third-order valence-corrected chi connectivity index (χ3v) is 4.57. The van der Waals surface area contributed by atoms with Crippen molar-refractivity contribution >= 4 is 29.2 Å². The molecule has 110 valence electrons. The van der Waals surface area contributed by atoms with Gasteiger partial charge in [-0.15, -0.1) is 0 Å².